The quantitative estimate of drug-likeness (QED) is 0.835. The van der Waals surface area contributed by atoms with Crippen molar-refractivity contribution in [3.63, 3.8) is 0 Å². The molecule has 1 aromatic carbocycles. The van der Waals surface area contributed by atoms with Gasteiger partial charge in [0.05, 0.1) is 6.54 Å². The molecule has 1 N–H and O–H groups in total. The Hall–Kier alpha value is -1.10. The van der Waals surface area contributed by atoms with Crippen LogP contribution < -0.4 is 0 Å². The zero-order valence-corrected chi connectivity index (χ0v) is 12.4. The second-order valence-corrected chi connectivity index (χ2v) is 5.27. The van der Waals surface area contributed by atoms with Crippen LogP contribution in [0.4, 0.5) is 0 Å². The van der Waals surface area contributed by atoms with Gasteiger partial charge in [-0.2, -0.15) is 0 Å². The lowest BCUT2D eigenvalue weighted by atomic mass is 10.1. The van der Waals surface area contributed by atoms with Gasteiger partial charge in [0.15, 0.2) is 0 Å². The van der Waals surface area contributed by atoms with E-state index >= 15 is 0 Å². The lowest BCUT2D eigenvalue weighted by Gasteiger charge is -2.29. The van der Waals surface area contributed by atoms with Crippen LogP contribution in [-0.2, 0) is 4.79 Å². The second kappa shape index (κ2) is 7.48. The third-order valence-electron chi connectivity index (χ3n) is 3.08. The predicted octanol–water partition coefficient (Wildman–Crippen LogP) is 2.35. The monoisotopic (exact) mass is 284 g/mol. The summed E-state index contributed by atoms with van der Waals surface area (Å²) in [4.78, 5) is 14.9. The van der Waals surface area contributed by atoms with Gasteiger partial charge in [0.25, 0.3) is 0 Å². The first kappa shape index (κ1) is 16.0. The molecule has 0 aromatic heterocycles. The average molecular weight is 285 g/mol. The van der Waals surface area contributed by atoms with Crippen molar-refractivity contribution in [3.8, 4) is 0 Å². The largest absolute Gasteiger partial charge is 0.480 e. The Balaban J connectivity index is 2.84. The van der Waals surface area contributed by atoms with E-state index in [0.29, 0.717) is 11.6 Å². The molecule has 0 aliphatic carbocycles. The van der Waals surface area contributed by atoms with Crippen LogP contribution in [0.5, 0.6) is 0 Å². The van der Waals surface area contributed by atoms with Crippen LogP contribution >= 0.6 is 11.6 Å². The maximum Gasteiger partial charge on any atom is 0.317 e. The number of carboxylic acid groups (broad SMARTS) is 1. The van der Waals surface area contributed by atoms with Crippen molar-refractivity contribution in [1.29, 1.82) is 0 Å². The summed E-state index contributed by atoms with van der Waals surface area (Å²) in [5.74, 6) is -0.822. The first-order valence-electron chi connectivity index (χ1n) is 6.26. The molecule has 0 radical (unpaired) electrons. The summed E-state index contributed by atoms with van der Waals surface area (Å²) in [5, 5.41) is 9.70. The van der Waals surface area contributed by atoms with E-state index in [9.17, 15) is 4.79 Å². The third kappa shape index (κ3) is 5.19. The zero-order chi connectivity index (χ0) is 14.4. The van der Waals surface area contributed by atoms with Crippen LogP contribution in [0.3, 0.4) is 0 Å². The number of aliphatic carboxylic acids is 1. The number of halogens is 1. The van der Waals surface area contributed by atoms with E-state index in [0.717, 1.165) is 12.1 Å². The van der Waals surface area contributed by atoms with E-state index < -0.39 is 5.97 Å². The molecule has 4 nitrogen and oxygen atoms in total. The molecule has 0 heterocycles. The van der Waals surface area contributed by atoms with Gasteiger partial charge < -0.3 is 10.0 Å². The number of likely N-dealkylation sites (N-methyl/N-ethyl adjacent to an activating group) is 1. The van der Waals surface area contributed by atoms with Crippen LogP contribution in [-0.4, -0.2) is 54.6 Å². The molecular weight excluding hydrogens is 264 g/mol. The Morgan fingerprint density at radius 3 is 2.47 bits per heavy atom. The van der Waals surface area contributed by atoms with Crippen molar-refractivity contribution >= 4 is 17.6 Å². The number of nitrogens with zero attached hydrogens (tertiary/aromatic N) is 2. The molecule has 0 bridgehead atoms. The molecule has 0 aliphatic heterocycles. The molecule has 0 saturated carbocycles. The van der Waals surface area contributed by atoms with E-state index in [-0.39, 0.29) is 12.6 Å². The van der Waals surface area contributed by atoms with E-state index in [4.69, 9.17) is 16.7 Å². The van der Waals surface area contributed by atoms with Crippen LogP contribution in [0.1, 0.15) is 18.5 Å². The fraction of sp³-hybridized carbons (Fsp3) is 0.500. The summed E-state index contributed by atoms with van der Waals surface area (Å²) in [7, 11) is 3.94. The van der Waals surface area contributed by atoms with E-state index in [2.05, 4.69) is 0 Å². The number of benzene rings is 1. The number of rotatable bonds is 7. The summed E-state index contributed by atoms with van der Waals surface area (Å²) in [5.41, 5.74) is 0.962. The van der Waals surface area contributed by atoms with Gasteiger partial charge in [0.2, 0.25) is 0 Å². The Labute approximate surface area is 119 Å². The van der Waals surface area contributed by atoms with Crippen molar-refractivity contribution in [2.75, 3.05) is 33.7 Å². The van der Waals surface area contributed by atoms with Gasteiger partial charge in [0.1, 0.15) is 0 Å². The van der Waals surface area contributed by atoms with Gasteiger partial charge in [-0.3, -0.25) is 9.69 Å². The lowest BCUT2D eigenvalue weighted by molar-refractivity contribution is -0.138. The highest BCUT2D eigenvalue weighted by Gasteiger charge is 2.20. The Bertz CT molecular complexity index is 424. The minimum Gasteiger partial charge on any atom is -0.480 e. The van der Waals surface area contributed by atoms with Crippen molar-refractivity contribution < 1.29 is 9.90 Å². The fourth-order valence-corrected chi connectivity index (χ4v) is 2.22. The minimum absolute atomic E-state index is 0.0141. The molecule has 1 unspecified atom stereocenters. The molecule has 0 fully saturated rings. The third-order valence-corrected chi connectivity index (χ3v) is 3.42. The Morgan fingerprint density at radius 2 is 1.95 bits per heavy atom. The van der Waals surface area contributed by atoms with Crippen LogP contribution in [0.25, 0.3) is 0 Å². The van der Waals surface area contributed by atoms with E-state index in [1.165, 1.54) is 0 Å². The van der Waals surface area contributed by atoms with Gasteiger partial charge >= 0.3 is 5.97 Å². The van der Waals surface area contributed by atoms with Gasteiger partial charge in [-0.05, 0) is 32.6 Å². The highest BCUT2D eigenvalue weighted by atomic mass is 35.5. The fourth-order valence-electron chi connectivity index (χ4n) is 1.92. The standard InChI is InChI=1S/C14H21ClN2O2/c1-11(12-6-4-5-7-13(12)15)17(10-14(18)19)9-8-16(2)3/h4-7,11H,8-10H2,1-3H3,(H,18,19). The number of carboxylic acids is 1. The summed E-state index contributed by atoms with van der Waals surface area (Å²) in [6.45, 7) is 3.49. The van der Waals surface area contributed by atoms with Gasteiger partial charge in [0, 0.05) is 24.2 Å². The summed E-state index contributed by atoms with van der Waals surface area (Å²) in [6, 6.07) is 7.54. The van der Waals surface area contributed by atoms with Gasteiger partial charge in [-0.15, -0.1) is 0 Å². The summed E-state index contributed by atoms with van der Waals surface area (Å²) >= 11 is 6.18. The van der Waals surface area contributed by atoms with Crippen molar-refractivity contribution in [1.82, 2.24) is 9.80 Å². The Morgan fingerprint density at radius 1 is 1.32 bits per heavy atom. The molecule has 1 atom stereocenters. The van der Waals surface area contributed by atoms with Gasteiger partial charge in [-0.25, -0.2) is 0 Å². The van der Waals surface area contributed by atoms with Crippen molar-refractivity contribution in [2.45, 2.75) is 13.0 Å². The summed E-state index contributed by atoms with van der Waals surface area (Å²) in [6.07, 6.45) is 0. The maximum atomic E-state index is 11.0. The highest BCUT2D eigenvalue weighted by Crippen LogP contribution is 2.26. The maximum absolute atomic E-state index is 11.0. The van der Waals surface area contributed by atoms with Crippen LogP contribution in [0.15, 0.2) is 24.3 Å². The van der Waals surface area contributed by atoms with E-state index in [1.807, 2.05) is 55.1 Å². The van der Waals surface area contributed by atoms with Crippen molar-refractivity contribution in [2.24, 2.45) is 0 Å². The molecule has 0 aliphatic rings. The van der Waals surface area contributed by atoms with Crippen molar-refractivity contribution in [3.05, 3.63) is 34.9 Å². The molecule has 0 spiro atoms. The van der Waals surface area contributed by atoms with Gasteiger partial charge in [-0.1, -0.05) is 29.8 Å². The molecule has 106 valence electrons. The SMILES string of the molecule is CC(c1ccccc1Cl)N(CCN(C)C)CC(=O)O. The first-order valence-corrected chi connectivity index (χ1v) is 6.64. The summed E-state index contributed by atoms with van der Waals surface area (Å²) < 4.78 is 0. The average Bonchev–Trinajstić information content (AvgIpc) is 2.33. The molecule has 19 heavy (non-hydrogen) atoms. The normalized spacial score (nSPS) is 12.9. The lowest BCUT2D eigenvalue weighted by Crippen LogP contribution is -2.37. The number of carbonyl (C=O) groups is 1. The second-order valence-electron chi connectivity index (χ2n) is 4.86. The van der Waals surface area contributed by atoms with Crippen LogP contribution in [0, 0.1) is 0 Å². The molecule has 1 aromatic rings. The molecule has 0 amide bonds. The first-order chi connectivity index (χ1) is 8.91. The molecule has 5 heteroatoms. The highest BCUT2D eigenvalue weighted by molar-refractivity contribution is 6.31. The molecular formula is C14H21ClN2O2. The van der Waals surface area contributed by atoms with E-state index in [1.54, 1.807) is 0 Å². The Kier molecular flexibility index (Phi) is 6.28. The number of hydrogen-bond acceptors (Lipinski definition) is 3. The molecule has 1 rings (SSSR count). The minimum atomic E-state index is -0.822. The van der Waals surface area contributed by atoms with Crippen LogP contribution in [0.2, 0.25) is 5.02 Å². The zero-order valence-electron chi connectivity index (χ0n) is 11.6. The molecule has 0 saturated heterocycles. The topological polar surface area (TPSA) is 43.8 Å². The number of hydrogen-bond donors (Lipinski definition) is 1. The predicted molar refractivity (Wildman–Crippen MR) is 77.6 cm³/mol. The smallest absolute Gasteiger partial charge is 0.317 e.